The van der Waals surface area contributed by atoms with Gasteiger partial charge in [0.15, 0.2) is 0 Å². The van der Waals surface area contributed by atoms with E-state index in [-0.39, 0.29) is 18.0 Å². The van der Waals surface area contributed by atoms with Crippen molar-refractivity contribution in [2.75, 3.05) is 6.54 Å². The van der Waals surface area contributed by atoms with Crippen molar-refractivity contribution >= 4 is 21.8 Å². The van der Waals surface area contributed by atoms with Crippen LogP contribution >= 0.6 is 15.9 Å². The third kappa shape index (κ3) is 2.38. The molecule has 1 fully saturated rings. The summed E-state index contributed by atoms with van der Waals surface area (Å²) in [6.07, 6.45) is 0.891. The summed E-state index contributed by atoms with van der Waals surface area (Å²) in [6, 6.07) is 5.98. The zero-order valence-electron chi connectivity index (χ0n) is 10.1. The lowest BCUT2D eigenvalue weighted by atomic mass is 10.1. The van der Waals surface area contributed by atoms with Crippen LogP contribution in [0.5, 0.6) is 0 Å². The van der Waals surface area contributed by atoms with Crippen LogP contribution in [0.4, 0.5) is 0 Å². The van der Waals surface area contributed by atoms with Crippen molar-refractivity contribution in [3.05, 3.63) is 33.8 Å². The number of benzene rings is 1. The van der Waals surface area contributed by atoms with E-state index in [0.29, 0.717) is 0 Å². The fourth-order valence-corrected chi connectivity index (χ4v) is 2.75. The van der Waals surface area contributed by atoms with Crippen LogP contribution in [0.2, 0.25) is 0 Å². The molecule has 0 aliphatic carbocycles. The third-order valence-corrected chi connectivity index (χ3v) is 3.99. The minimum atomic E-state index is 0.0930. The van der Waals surface area contributed by atoms with Crippen LogP contribution in [0.15, 0.2) is 22.7 Å². The van der Waals surface area contributed by atoms with E-state index < -0.39 is 0 Å². The van der Waals surface area contributed by atoms with Gasteiger partial charge in [-0.2, -0.15) is 0 Å². The predicted molar refractivity (Wildman–Crippen MR) is 72.0 cm³/mol. The Morgan fingerprint density at radius 3 is 2.76 bits per heavy atom. The first-order valence-electron chi connectivity index (χ1n) is 5.83. The molecule has 1 aliphatic rings. The zero-order valence-corrected chi connectivity index (χ0v) is 11.7. The number of carbonyl (C=O) groups is 1. The lowest BCUT2D eigenvalue weighted by Gasteiger charge is -2.24. The second-order valence-electron chi connectivity index (χ2n) is 4.65. The molecule has 2 atom stereocenters. The fraction of sp³-hybridized carbons (Fsp3) is 0.462. The van der Waals surface area contributed by atoms with Crippen LogP contribution in [0.3, 0.4) is 0 Å². The third-order valence-electron chi connectivity index (χ3n) is 3.49. The summed E-state index contributed by atoms with van der Waals surface area (Å²) >= 11 is 3.41. The summed E-state index contributed by atoms with van der Waals surface area (Å²) < 4.78 is 0.998. The second kappa shape index (κ2) is 4.78. The Morgan fingerprint density at radius 2 is 2.24 bits per heavy atom. The Hall–Kier alpha value is -0.870. The minimum Gasteiger partial charge on any atom is -0.334 e. The molecule has 3 nitrogen and oxygen atoms in total. The summed E-state index contributed by atoms with van der Waals surface area (Å²) in [5.41, 5.74) is 7.71. The van der Waals surface area contributed by atoms with Crippen molar-refractivity contribution in [2.24, 2.45) is 5.73 Å². The number of halogens is 1. The van der Waals surface area contributed by atoms with Gasteiger partial charge in [-0.1, -0.05) is 15.9 Å². The minimum absolute atomic E-state index is 0.0930. The highest BCUT2D eigenvalue weighted by Gasteiger charge is 2.32. The molecule has 0 saturated carbocycles. The van der Waals surface area contributed by atoms with Gasteiger partial charge in [-0.15, -0.1) is 0 Å². The molecule has 0 spiro atoms. The van der Waals surface area contributed by atoms with Gasteiger partial charge in [0, 0.05) is 28.7 Å². The van der Waals surface area contributed by atoms with Crippen LogP contribution in [0, 0.1) is 6.92 Å². The van der Waals surface area contributed by atoms with E-state index in [2.05, 4.69) is 15.9 Å². The Bertz CT molecular complexity index is 447. The number of amides is 1. The topological polar surface area (TPSA) is 46.3 Å². The quantitative estimate of drug-likeness (QED) is 0.864. The maximum Gasteiger partial charge on any atom is 0.254 e. The molecule has 92 valence electrons. The molecule has 0 aromatic heterocycles. The normalized spacial score (nSPS) is 24.1. The van der Waals surface area contributed by atoms with E-state index in [0.717, 1.165) is 28.6 Å². The number of aryl methyl sites for hydroxylation is 1. The second-order valence-corrected chi connectivity index (χ2v) is 5.57. The summed E-state index contributed by atoms with van der Waals surface area (Å²) in [6.45, 7) is 4.74. The highest BCUT2D eigenvalue weighted by Crippen LogP contribution is 2.22. The molecule has 1 heterocycles. The average molecular weight is 297 g/mol. The van der Waals surface area contributed by atoms with Crippen LogP contribution in [-0.4, -0.2) is 29.4 Å². The highest BCUT2D eigenvalue weighted by atomic mass is 79.9. The van der Waals surface area contributed by atoms with Crippen molar-refractivity contribution in [2.45, 2.75) is 32.4 Å². The van der Waals surface area contributed by atoms with Gasteiger partial charge >= 0.3 is 0 Å². The number of carbonyl (C=O) groups excluding carboxylic acids is 1. The van der Waals surface area contributed by atoms with E-state index in [1.54, 1.807) is 0 Å². The molecule has 0 bridgehead atoms. The van der Waals surface area contributed by atoms with Crippen LogP contribution in [0.1, 0.15) is 29.3 Å². The number of likely N-dealkylation sites (tertiary alicyclic amines) is 1. The number of rotatable bonds is 1. The van der Waals surface area contributed by atoms with Crippen molar-refractivity contribution in [1.29, 1.82) is 0 Å². The van der Waals surface area contributed by atoms with Gasteiger partial charge in [0.25, 0.3) is 5.91 Å². The molecule has 1 aromatic carbocycles. The number of hydrogen-bond donors (Lipinski definition) is 1. The number of nitrogens with zero attached hydrogens (tertiary/aromatic N) is 1. The molecule has 2 rings (SSSR count). The van der Waals surface area contributed by atoms with Gasteiger partial charge in [0.05, 0.1) is 0 Å². The van der Waals surface area contributed by atoms with Crippen LogP contribution in [0.25, 0.3) is 0 Å². The summed E-state index contributed by atoms with van der Waals surface area (Å²) in [5.74, 6) is 0.0930. The molecule has 1 saturated heterocycles. The van der Waals surface area contributed by atoms with Gasteiger partial charge in [-0.05, 0) is 44.0 Å². The monoisotopic (exact) mass is 296 g/mol. The van der Waals surface area contributed by atoms with E-state index in [4.69, 9.17) is 5.73 Å². The van der Waals surface area contributed by atoms with Gasteiger partial charge in [-0.25, -0.2) is 0 Å². The van der Waals surface area contributed by atoms with Crippen molar-refractivity contribution in [3.8, 4) is 0 Å². The molecule has 4 heteroatoms. The van der Waals surface area contributed by atoms with E-state index in [1.165, 1.54) is 0 Å². The molecule has 1 aliphatic heterocycles. The first-order chi connectivity index (χ1) is 8.00. The summed E-state index contributed by atoms with van der Waals surface area (Å²) in [4.78, 5) is 14.3. The van der Waals surface area contributed by atoms with Gasteiger partial charge in [0.1, 0.15) is 0 Å². The Balaban J connectivity index is 2.26. The maximum absolute atomic E-state index is 12.4. The molecule has 0 radical (unpaired) electrons. The van der Waals surface area contributed by atoms with Gasteiger partial charge < -0.3 is 10.6 Å². The largest absolute Gasteiger partial charge is 0.334 e. The first kappa shape index (κ1) is 12.6. The Labute approximate surface area is 110 Å². The molecular formula is C13H17BrN2O. The van der Waals surface area contributed by atoms with E-state index >= 15 is 0 Å². The van der Waals surface area contributed by atoms with Crippen LogP contribution in [-0.2, 0) is 0 Å². The average Bonchev–Trinajstić information content (AvgIpc) is 2.59. The highest BCUT2D eigenvalue weighted by molar-refractivity contribution is 9.10. The van der Waals surface area contributed by atoms with Gasteiger partial charge in [0.2, 0.25) is 0 Å². The molecular weight excluding hydrogens is 280 g/mol. The van der Waals surface area contributed by atoms with Crippen molar-refractivity contribution in [3.63, 3.8) is 0 Å². The van der Waals surface area contributed by atoms with E-state index in [1.807, 2.05) is 36.9 Å². The molecule has 1 aromatic rings. The van der Waals surface area contributed by atoms with Crippen molar-refractivity contribution in [1.82, 2.24) is 4.90 Å². The molecule has 1 amide bonds. The first-order valence-corrected chi connectivity index (χ1v) is 6.62. The van der Waals surface area contributed by atoms with Gasteiger partial charge in [-0.3, -0.25) is 4.79 Å². The Kier molecular flexibility index (Phi) is 3.54. The maximum atomic E-state index is 12.4. The SMILES string of the molecule is Cc1cc(Br)ccc1C(=O)N1CCC(N)C1C. The van der Waals surface area contributed by atoms with E-state index in [9.17, 15) is 4.79 Å². The molecule has 2 N–H and O–H groups in total. The number of hydrogen-bond acceptors (Lipinski definition) is 2. The predicted octanol–water partition coefficient (Wildman–Crippen LogP) is 2.32. The summed E-state index contributed by atoms with van der Waals surface area (Å²) in [5, 5.41) is 0. The number of nitrogens with two attached hydrogens (primary N) is 1. The summed E-state index contributed by atoms with van der Waals surface area (Å²) in [7, 11) is 0. The standard InChI is InChI=1S/C13H17BrN2O/c1-8-7-10(14)3-4-11(8)13(17)16-6-5-12(15)9(16)2/h3-4,7,9,12H,5-6,15H2,1-2H3. The lowest BCUT2D eigenvalue weighted by Crippen LogP contribution is -2.40. The Morgan fingerprint density at radius 1 is 1.53 bits per heavy atom. The molecule has 2 unspecified atom stereocenters. The van der Waals surface area contributed by atoms with Crippen molar-refractivity contribution < 1.29 is 4.79 Å². The fourth-order valence-electron chi connectivity index (χ4n) is 2.27. The lowest BCUT2D eigenvalue weighted by molar-refractivity contribution is 0.0742. The molecule has 17 heavy (non-hydrogen) atoms. The zero-order chi connectivity index (χ0) is 12.6. The smallest absolute Gasteiger partial charge is 0.254 e. The van der Waals surface area contributed by atoms with Crippen LogP contribution < -0.4 is 5.73 Å².